The van der Waals surface area contributed by atoms with Crippen LogP contribution < -0.4 is 21.9 Å². The first-order chi connectivity index (χ1) is 9.08. The predicted octanol–water partition coefficient (Wildman–Crippen LogP) is 1.71. The first-order valence-corrected chi connectivity index (χ1v) is 5.56. The number of halogens is 5. The number of nitrogens with zero attached hydrogens (tertiary/aromatic N) is 2. The van der Waals surface area contributed by atoms with Crippen molar-refractivity contribution in [2.45, 2.75) is 6.36 Å². The van der Waals surface area contributed by atoms with Gasteiger partial charge in [-0.3, -0.25) is 0 Å². The summed E-state index contributed by atoms with van der Waals surface area (Å²) in [4.78, 5) is 6.75. The first-order valence-electron chi connectivity index (χ1n) is 4.77. The Balaban J connectivity index is 3.34. The van der Waals surface area contributed by atoms with E-state index < -0.39 is 35.5 Å². The first kappa shape index (κ1) is 16.0. The number of guanidine groups is 2. The van der Waals surface area contributed by atoms with Crippen LogP contribution in [0.4, 0.5) is 23.2 Å². The zero-order valence-electron chi connectivity index (χ0n) is 9.58. The molecule has 0 saturated carbocycles. The zero-order valence-corrected chi connectivity index (χ0v) is 11.2. The van der Waals surface area contributed by atoms with Crippen LogP contribution in [0.2, 0.25) is 0 Å². The van der Waals surface area contributed by atoms with Gasteiger partial charge in [-0.15, -0.1) is 13.2 Å². The Kier molecular flexibility index (Phi) is 4.76. The van der Waals surface area contributed by atoms with E-state index in [0.29, 0.717) is 0 Å². The number of alkyl halides is 3. The Hall–Kier alpha value is -2.04. The zero-order chi connectivity index (χ0) is 15.5. The van der Waals surface area contributed by atoms with E-state index >= 15 is 0 Å². The molecule has 0 atom stereocenters. The molecule has 11 heteroatoms. The molecule has 110 valence electrons. The van der Waals surface area contributed by atoms with Gasteiger partial charge in [-0.05, 0) is 12.1 Å². The van der Waals surface area contributed by atoms with Crippen molar-refractivity contribution in [3.8, 4) is 5.75 Å². The summed E-state index contributed by atoms with van der Waals surface area (Å²) in [7, 11) is 0. The Morgan fingerprint density at radius 3 is 2.30 bits per heavy atom. The summed E-state index contributed by atoms with van der Waals surface area (Å²) in [5.41, 5.74) is 14.8. The number of hydrogen-bond acceptors (Lipinski definition) is 2. The van der Waals surface area contributed by atoms with E-state index in [9.17, 15) is 17.6 Å². The highest BCUT2D eigenvalue weighted by atomic mass is 79.9. The Labute approximate surface area is 118 Å². The van der Waals surface area contributed by atoms with Crippen LogP contribution in [0.3, 0.4) is 0 Å². The van der Waals surface area contributed by atoms with Crippen LogP contribution >= 0.6 is 15.9 Å². The molecular formula is C9H8BrF4N5O. The maximum absolute atomic E-state index is 13.5. The van der Waals surface area contributed by atoms with Gasteiger partial charge in [0.15, 0.2) is 17.5 Å². The third-order valence-electron chi connectivity index (χ3n) is 1.69. The van der Waals surface area contributed by atoms with E-state index in [2.05, 4.69) is 30.7 Å². The smallest absolute Gasteiger partial charge is 0.400 e. The van der Waals surface area contributed by atoms with E-state index in [1.54, 1.807) is 0 Å². The molecule has 0 saturated heterocycles. The third kappa shape index (κ3) is 4.91. The molecule has 1 rings (SSSR count). The van der Waals surface area contributed by atoms with Gasteiger partial charge in [0.1, 0.15) is 5.69 Å². The number of rotatable bonds is 2. The van der Waals surface area contributed by atoms with Crippen molar-refractivity contribution in [3.05, 3.63) is 22.4 Å². The molecule has 0 aliphatic heterocycles. The van der Waals surface area contributed by atoms with Gasteiger partial charge in [0.2, 0.25) is 5.96 Å². The van der Waals surface area contributed by atoms with Gasteiger partial charge < -0.3 is 21.9 Å². The fourth-order valence-electron chi connectivity index (χ4n) is 1.13. The molecule has 1 aromatic carbocycles. The summed E-state index contributed by atoms with van der Waals surface area (Å²) in [5.74, 6) is -3.45. The van der Waals surface area contributed by atoms with Crippen molar-refractivity contribution >= 4 is 33.5 Å². The van der Waals surface area contributed by atoms with E-state index in [-0.39, 0.29) is 4.47 Å². The number of aliphatic imine (C=N–C) groups is 2. The average Bonchev–Trinajstić information content (AvgIpc) is 2.20. The molecule has 0 heterocycles. The molecule has 0 aromatic heterocycles. The highest BCUT2D eigenvalue weighted by Gasteiger charge is 2.34. The molecule has 0 radical (unpaired) electrons. The van der Waals surface area contributed by atoms with Crippen molar-refractivity contribution < 1.29 is 22.3 Å². The SMILES string of the molecule is NC(N)=NC(N)=Nc1cc(Br)cc(F)c1OC(F)(F)F. The van der Waals surface area contributed by atoms with Crippen molar-refractivity contribution in [1.29, 1.82) is 0 Å². The summed E-state index contributed by atoms with van der Waals surface area (Å²) in [6.45, 7) is 0. The van der Waals surface area contributed by atoms with E-state index in [1.807, 2.05) is 0 Å². The molecule has 20 heavy (non-hydrogen) atoms. The van der Waals surface area contributed by atoms with Gasteiger partial charge in [-0.25, -0.2) is 9.38 Å². The number of ether oxygens (including phenoxy) is 1. The maximum atomic E-state index is 13.5. The second kappa shape index (κ2) is 5.94. The van der Waals surface area contributed by atoms with E-state index in [0.717, 1.165) is 12.1 Å². The van der Waals surface area contributed by atoms with Gasteiger partial charge in [0, 0.05) is 4.47 Å². The third-order valence-corrected chi connectivity index (χ3v) is 2.14. The molecule has 6 N–H and O–H groups in total. The minimum absolute atomic E-state index is 0.126. The largest absolute Gasteiger partial charge is 0.573 e. The summed E-state index contributed by atoms with van der Waals surface area (Å²) in [6.07, 6.45) is -5.09. The van der Waals surface area contributed by atoms with E-state index in [1.165, 1.54) is 0 Å². The molecule has 0 aliphatic rings. The monoisotopic (exact) mass is 357 g/mol. The van der Waals surface area contributed by atoms with Gasteiger partial charge >= 0.3 is 6.36 Å². The summed E-state index contributed by atoms with van der Waals surface area (Å²) >= 11 is 2.90. The van der Waals surface area contributed by atoms with Crippen LogP contribution in [0.1, 0.15) is 0 Å². The van der Waals surface area contributed by atoms with Crippen molar-refractivity contribution in [3.63, 3.8) is 0 Å². The molecule has 0 bridgehead atoms. The Morgan fingerprint density at radius 1 is 1.20 bits per heavy atom. The van der Waals surface area contributed by atoms with Gasteiger partial charge in [0.05, 0.1) is 0 Å². The molecule has 0 aliphatic carbocycles. The molecule has 0 fully saturated rings. The fraction of sp³-hybridized carbons (Fsp3) is 0.111. The van der Waals surface area contributed by atoms with Crippen LogP contribution in [-0.4, -0.2) is 18.3 Å². The molecule has 0 spiro atoms. The van der Waals surface area contributed by atoms with Gasteiger partial charge in [-0.2, -0.15) is 4.99 Å². The summed E-state index contributed by atoms with van der Waals surface area (Å²) in [5, 5.41) is 0. The Morgan fingerprint density at radius 2 is 1.80 bits per heavy atom. The molecule has 6 nitrogen and oxygen atoms in total. The van der Waals surface area contributed by atoms with Crippen LogP contribution in [0.15, 0.2) is 26.6 Å². The second-order valence-electron chi connectivity index (χ2n) is 3.29. The van der Waals surface area contributed by atoms with Crippen LogP contribution in [-0.2, 0) is 0 Å². The summed E-state index contributed by atoms with van der Waals surface area (Å²) in [6, 6.07) is 1.83. The lowest BCUT2D eigenvalue weighted by atomic mass is 10.3. The minimum Gasteiger partial charge on any atom is -0.400 e. The van der Waals surface area contributed by atoms with E-state index in [4.69, 9.17) is 17.2 Å². The van der Waals surface area contributed by atoms with Crippen molar-refractivity contribution in [1.82, 2.24) is 0 Å². The normalized spacial score (nSPS) is 12.2. The van der Waals surface area contributed by atoms with Gasteiger partial charge in [0.25, 0.3) is 0 Å². The second-order valence-corrected chi connectivity index (χ2v) is 4.21. The lowest BCUT2D eigenvalue weighted by Crippen LogP contribution is -2.26. The quantitative estimate of drug-likeness (QED) is 0.424. The topological polar surface area (TPSA) is 112 Å². The lowest BCUT2D eigenvalue weighted by molar-refractivity contribution is -0.275. The van der Waals surface area contributed by atoms with Crippen LogP contribution in [0.5, 0.6) is 5.75 Å². The predicted molar refractivity (Wildman–Crippen MR) is 67.9 cm³/mol. The highest BCUT2D eigenvalue weighted by Crippen LogP contribution is 2.37. The van der Waals surface area contributed by atoms with Gasteiger partial charge in [-0.1, -0.05) is 15.9 Å². The highest BCUT2D eigenvalue weighted by molar-refractivity contribution is 9.10. The number of nitrogens with two attached hydrogens (primary N) is 3. The van der Waals surface area contributed by atoms with Crippen LogP contribution in [0.25, 0.3) is 0 Å². The minimum atomic E-state index is -5.09. The maximum Gasteiger partial charge on any atom is 0.573 e. The lowest BCUT2D eigenvalue weighted by Gasteiger charge is -2.12. The van der Waals surface area contributed by atoms with Crippen molar-refractivity contribution in [2.75, 3.05) is 0 Å². The number of benzene rings is 1. The summed E-state index contributed by atoms with van der Waals surface area (Å²) < 4.78 is 53.8. The molecule has 0 amide bonds. The Bertz CT molecular complexity index is 568. The van der Waals surface area contributed by atoms with Crippen LogP contribution in [0, 0.1) is 5.82 Å². The molecular weight excluding hydrogens is 350 g/mol. The molecule has 1 aromatic rings. The van der Waals surface area contributed by atoms with Crippen molar-refractivity contribution in [2.24, 2.45) is 27.2 Å². The fourth-order valence-corrected chi connectivity index (χ4v) is 1.55. The standard InChI is InChI=1S/C9H8BrF4N5O/c10-3-1-4(11)6(20-9(12,13)14)5(2-3)18-8(17)19-7(15)16/h1-2H,(H6,15,16,17,18,19). The average molecular weight is 358 g/mol. The molecule has 0 unspecified atom stereocenters. The number of hydrogen-bond donors (Lipinski definition) is 3.